The van der Waals surface area contributed by atoms with Crippen molar-refractivity contribution < 1.29 is 24.5 Å². The number of aliphatic hydroxyl groups is 1. The van der Waals surface area contributed by atoms with Gasteiger partial charge in [0.2, 0.25) is 0 Å². The molecule has 0 aromatic rings. The van der Waals surface area contributed by atoms with Crippen molar-refractivity contribution in [2.75, 3.05) is 13.1 Å². The summed E-state index contributed by atoms with van der Waals surface area (Å²) in [7, 11) is 0. The zero-order valence-electron chi connectivity index (χ0n) is 11.6. The van der Waals surface area contributed by atoms with E-state index in [1.54, 1.807) is 20.8 Å². The van der Waals surface area contributed by atoms with E-state index in [0.717, 1.165) is 0 Å². The van der Waals surface area contributed by atoms with E-state index in [0.29, 0.717) is 12.8 Å². The number of carboxylic acids is 1. The lowest BCUT2D eigenvalue weighted by Gasteiger charge is -2.42. The van der Waals surface area contributed by atoms with E-state index < -0.39 is 28.7 Å². The molecule has 6 nitrogen and oxygen atoms in total. The minimum Gasteiger partial charge on any atom is -0.479 e. The third kappa shape index (κ3) is 2.41. The Morgan fingerprint density at radius 2 is 1.79 bits per heavy atom. The first-order chi connectivity index (χ1) is 8.60. The summed E-state index contributed by atoms with van der Waals surface area (Å²) >= 11 is 0. The first-order valence-corrected chi connectivity index (χ1v) is 6.53. The van der Waals surface area contributed by atoms with Crippen LogP contribution in [0.5, 0.6) is 0 Å². The Morgan fingerprint density at radius 1 is 1.21 bits per heavy atom. The first kappa shape index (κ1) is 14.1. The smallest absolute Gasteiger partial charge is 0.410 e. The van der Waals surface area contributed by atoms with E-state index in [1.807, 2.05) is 0 Å². The van der Waals surface area contributed by atoms with E-state index in [9.17, 15) is 19.8 Å². The predicted molar refractivity (Wildman–Crippen MR) is 66.7 cm³/mol. The largest absolute Gasteiger partial charge is 0.479 e. The van der Waals surface area contributed by atoms with Crippen LogP contribution in [0, 0.1) is 5.41 Å². The number of likely N-dealkylation sites (tertiary alicyclic amines) is 1. The van der Waals surface area contributed by atoms with E-state index in [4.69, 9.17) is 4.74 Å². The Hall–Kier alpha value is -1.30. The topological polar surface area (TPSA) is 87.1 Å². The van der Waals surface area contributed by atoms with Crippen LogP contribution >= 0.6 is 0 Å². The zero-order valence-corrected chi connectivity index (χ0v) is 11.6. The third-order valence-corrected chi connectivity index (χ3v) is 3.97. The van der Waals surface area contributed by atoms with Gasteiger partial charge in [-0.2, -0.15) is 0 Å². The Morgan fingerprint density at radius 3 is 2.21 bits per heavy atom. The molecule has 1 spiro atoms. The summed E-state index contributed by atoms with van der Waals surface area (Å²) in [5.41, 5.74) is -2.96. The lowest BCUT2D eigenvalue weighted by molar-refractivity contribution is -0.174. The molecule has 1 heterocycles. The average molecular weight is 271 g/mol. The molecule has 1 unspecified atom stereocenters. The molecule has 0 aromatic carbocycles. The van der Waals surface area contributed by atoms with Gasteiger partial charge in [0.15, 0.2) is 5.60 Å². The minimum atomic E-state index is -1.70. The lowest BCUT2D eigenvalue weighted by atomic mass is 9.78. The summed E-state index contributed by atoms with van der Waals surface area (Å²) in [5, 5.41) is 19.5. The van der Waals surface area contributed by atoms with Gasteiger partial charge in [-0.3, -0.25) is 0 Å². The molecule has 0 bridgehead atoms. The van der Waals surface area contributed by atoms with Gasteiger partial charge in [0.25, 0.3) is 0 Å². The molecule has 0 radical (unpaired) electrons. The molecule has 1 amide bonds. The molecule has 2 rings (SSSR count). The molecule has 19 heavy (non-hydrogen) atoms. The van der Waals surface area contributed by atoms with Gasteiger partial charge in [-0.1, -0.05) is 0 Å². The van der Waals surface area contributed by atoms with Crippen molar-refractivity contribution in [3.63, 3.8) is 0 Å². The van der Waals surface area contributed by atoms with Crippen LogP contribution in [0.1, 0.15) is 40.0 Å². The predicted octanol–water partition coefficient (Wildman–Crippen LogP) is 1.22. The second-order valence-corrected chi connectivity index (χ2v) is 6.60. The highest BCUT2D eigenvalue weighted by Gasteiger charge is 2.65. The maximum Gasteiger partial charge on any atom is 0.410 e. The number of hydrogen-bond acceptors (Lipinski definition) is 4. The van der Waals surface area contributed by atoms with Crippen LogP contribution in [-0.4, -0.2) is 51.5 Å². The molecule has 1 aliphatic heterocycles. The SMILES string of the molecule is CC(C)(C)OC(=O)N1CCC(O)(C(=O)O)C2(CC2)C1. The van der Waals surface area contributed by atoms with Crippen LogP contribution in [-0.2, 0) is 9.53 Å². The molecular weight excluding hydrogens is 250 g/mol. The molecule has 1 atom stereocenters. The summed E-state index contributed by atoms with van der Waals surface area (Å²) in [5.74, 6) is -1.19. The number of nitrogens with zero attached hydrogens (tertiary/aromatic N) is 1. The minimum absolute atomic E-state index is 0.0571. The highest BCUT2D eigenvalue weighted by atomic mass is 16.6. The molecule has 0 aromatic heterocycles. The van der Waals surface area contributed by atoms with Gasteiger partial charge in [-0.05, 0) is 33.6 Å². The van der Waals surface area contributed by atoms with Gasteiger partial charge in [0.05, 0.1) is 0 Å². The number of rotatable bonds is 1. The maximum atomic E-state index is 12.0. The van der Waals surface area contributed by atoms with Gasteiger partial charge >= 0.3 is 12.1 Å². The van der Waals surface area contributed by atoms with E-state index in [-0.39, 0.29) is 19.5 Å². The Balaban J connectivity index is 2.08. The summed E-state index contributed by atoms with van der Waals surface area (Å²) in [6.07, 6.45) is 0.886. The highest BCUT2D eigenvalue weighted by molar-refractivity contribution is 5.80. The monoisotopic (exact) mass is 271 g/mol. The fraction of sp³-hybridized carbons (Fsp3) is 0.846. The quantitative estimate of drug-likeness (QED) is 0.749. The van der Waals surface area contributed by atoms with E-state index >= 15 is 0 Å². The summed E-state index contributed by atoms with van der Waals surface area (Å²) in [4.78, 5) is 24.7. The second kappa shape index (κ2) is 4.10. The van der Waals surface area contributed by atoms with Crippen molar-refractivity contribution in [1.29, 1.82) is 0 Å². The van der Waals surface area contributed by atoms with Crippen molar-refractivity contribution in [3.8, 4) is 0 Å². The number of carboxylic acid groups (broad SMARTS) is 1. The van der Waals surface area contributed by atoms with Crippen LogP contribution in [0.15, 0.2) is 0 Å². The normalized spacial score (nSPS) is 29.2. The lowest BCUT2D eigenvalue weighted by Crippen LogP contribution is -2.59. The van der Waals surface area contributed by atoms with Crippen LogP contribution in [0.25, 0.3) is 0 Å². The van der Waals surface area contributed by atoms with Crippen molar-refractivity contribution in [2.45, 2.75) is 51.2 Å². The second-order valence-electron chi connectivity index (χ2n) is 6.60. The van der Waals surface area contributed by atoms with Crippen LogP contribution in [0.2, 0.25) is 0 Å². The molecule has 108 valence electrons. The third-order valence-electron chi connectivity index (χ3n) is 3.97. The van der Waals surface area contributed by atoms with Gasteiger partial charge < -0.3 is 19.8 Å². The fourth-order valence-electron chi connectivity index (χ4n) is 2.68. The number of aliphatic carboxylic acids is 1. The number of hydrogen-bond donors (Lipinski definition) is 2. The molecule has 6 heteroatoms. The van der Waals surface area contributed by atoms with E-state index in [1.165, 1.54) is 4.90 Å². The summed E-state index contributed by atoms with van der Waals surface area (Å²) in [6.45, 7) is 5.82. The zero-order chi connectivity index (χ0) is 14.5. The van der Waals surface area contributed by atoms with Gasteiger partial charge in [0.1, 0.15) is 5.60 Å². The van der Waals surface area contributed by atoms with Gasteiger partial charge in [-0.25, -0.2) is 9.59 Å². The Labute approximate surface area is 112 Å². The number of carbonyl (C=O) groups is 2. The van der Waals surface area contributed by atoms with E-state index in [2.05, 4.69) is 0 Å². The van der Waals surface area contributed by atoms with Crippen molar-refractivity contribution in [2.24, 2.45) is 5.41 Å². The molecule has 2 fully saturated rings. The summed E-state index contributed by atoms with van der Waals surface area (Å²) < 4.78 is 5.28. The Kier molecular flexibility index (Phi) is 3.04. The standard InChI is InChI=1S/C13H21NO5/c1-11(2,3)19-10(17)14-7-6-13(18,9(15)16)12(8-14)4-5-12/h18H,4-8H2,1-3H3,(H,15,16). The molecular formula is C13H21NO5. The maximum absolute atomic E-state index is 12.0. The number of amides is 1. The molecule has 2 N–H and O–H groups in total. The van der Waals surface area contributed by atoms with Gasteiger partial charge in [0, 0.05) is 24.9 Å². The first-order valence-electron chi connectivity index (χ1n) is 6.53. The van der Waals surface area contributed by atoms with Gasteiger partial charge in [-0.15, -0.1) is 0 Å². The van der Waals surface area contributed by atoms with Crippen LogP contribution in [0.4, 0.5) is 4.79 Å². The number of carbonyl (C=O) groups excluding carboxylic acids is 1. The number of ether oxygens (including phenoxy) is 1. The molecule has 2 aliphatic rings. The average Bonchev–Trinajstić information content (AvgIpc) is 3.01. The number of piperidine rings is 1. The Bertz CT molecular complexity index is 410. The fourth-order valence-corrected chi connectivity index (χ4v) is 2.68. The summed E-state index contributed by atoms with van der Waals surface area (Å²) in [6, 6.07) is 0. The molecule has 1 saturated heterocycles. The van der Waals surface area contributed by atoms with Crippen LogP contribution in [0.3, 0.4) is 0 Å². The van der Waals surface area contributed by atoms with Crippen molar-refractivity contribution >= 4 is 12.1 Å². The van der Waals surface area contributed by atoms with Crippen molar-refractivity contribution in [3.05, 3.63) is 0 Å². The molecule has 1 saturated carbocycles. The van der Waals surface area contributed by atoms with Crippen LogP contribution < -0.4 is 0 Å². The molecule has 1 aliphatic carbocycles. The van der Waals surface area contributed by atoms with Crippen molar-refractivity contribution in [1.82, 2.24) is 4.90 Å². The highest BCUT2D eigenvalue weighted by Crippen LogP contribution is 2.58.